The third-order valence-electron chi connectivity index (χ3n) is 4.63. The van der Waals surface area contributed by atoms with Gasteiger partial charge in [0.2, 0.25) is 0 Å². The number of urea groups is 1. The molecule has 3 amide bonds. The fourth-order valence-corrected chi connectivity index (χ4v) is 3.28. The maximum Gasteiger partial charge on any atom is 0.336 e. The Kier molecular flexibility index (Phi) is 5.80. The molecule has 2 aromatic carbocycles. The van der Waals surface area contributed by atoms with Crippen LogP contribution in [0.15, 0.2) is 48.5 Å². The molecular weight excluding hydrogens is 346 g/mol. The summed E-state index contributed by atoms with van der Waals surface area (Å²) in [5.74, 6) is 1.04. The lowest BCUT2D eigenvalue weighted by Gasteiger charge is -2.26. The molecule has 27 heavy (non-hydrogen) atoms. The Balaban J connectivity index is 1.71. The third-order valence-corrected chi connectivity index (χ3v) is 4.63. The summed E-state index contributed by atoms with van der Waals surface area (Å²) in [5.41, 5.74) is 6.33. The van der Waals surface area contributed by atoms with Gasteiger partial charge in [0.1, 0.15) is 11.5 Å². The molecule has 3 rings (SSSR count). The van der Waals surface area contributed by atoms with E-state index in [9.17, 15) is 9.59 Å². The van der Waals surface area contributed by atoms with Crippen molar-refractivity contribution in [1.82, 2.24) is 15.8 Å². The van der Waals surface area contributed by atoms with Crippen LogP contribution in [0.2, 0.25) is 0 Å². The van der Waals surface area contributed by atoms with Crippen LogP contribution in [0, 0.1) is 0 Å². The van der Waals surface area contributed by atoms with E-state index in [-0.39, 0.29) is 18.0 Å². The minimum absolute atomic E-state index is 0.149. The number of benzene rings is 2. The normalized spacial score (nSPS) is 15.9. The molecule has 7 heteroatoms. The third kappa shape index (κ3) is 4.13. The lowest BCUT2D eigenvalue weighted by molar-refractivity contribution is 0.0928. The van der Waals surface area contributed by atoms with Crippen molar-refractivity contribution < 1.29 is 19.1 Å². The lowest BCUT2D eigenvalue weighted by Crippen LogP contribution is -2.48. The van der Waals surface area contributed by atoms with Crippen LogP contribution in [0.5, 0.6) is 11.5 Å². The second-order valence-electron chi connectivity index (χ2n) is 6.21. The van der Waals surface area contributed by atoms with Gasteiger partial charge in [-0.05, 0) is 43.2 Å². The zero-order valence-electron chi connectivity index (χ0n) is 15.4. The molecule has 1 saturated heterocycles. The van der Waals surface area contributed by atoms with Gasteiger partial charge in [0.15, 0.2) is 0 Å². The summed E-state index contributed by atoms with van der Waals surface area (Å²) in [6.07, 6.45) is 1.68. The van der Waals surface area contributed by atoms with Gasteiger partial charge in [-0.3, -0.25) is 10.2 Å². The van der Waals surface area contributed by atoms with Crippen LogP contribution < -0.4 is 20.3 Å². The molecule has 1 aliphatic rings. The number of likely N-dealkylation sites (tertiary alicyclic amines) is 1. The first-order valence-electron chi connectivity index (χ1n) is 8.78. The number of carbonyl (C=O) groups excluding carboxylic acids is 2. The van der Waals surface area contributed by atoms with E-state index in [1.807, 2.05) is 24.3 Å². The Hall–Kier alpha value is -3.22. The van der Waals surface area contributed by atoms with E-state index in [0.29, 0.717) is 23.6 Å². The highest BCUT2D eigenvalue weighted by molar-refractivity contribution is 5.95. The molecule has 0 unspecified atom stereocenters. The molecule has 2 aromatic rings. The number of hydrazine groups is 1. The number of nitrogens with one attached hydrogen (secondary N) is 2. The van der Waals surface area contributed by atoms with Crippen LogP contribution in [0.4, 0.5) is 4.79 Å². The Morgan fingerprint density at radius 3 is 2.52 bits per heavy atom. The summed E-state index contributed by atoms with van der Waals surface area (Å²) in [6.45, 7) is 0.595. The van der Waals surface area contributed by atoms with Crippen molar-refractivity contribution in [3.05, 3.63) is 59.7 Å². The second kappa shape index (κ2) is 8.44. The van der Waals surface area contributed by atoms with Gasteiger partial charge in [0.05, 0.1) is 20.3 Å². The molecule has 0 spiro atoms. The summed E-state index contributed by atoms with van der Waals surface area (Å²) in [5, 5.41) is 0. The van der Waals surface area contributed by atoms with E-state index in [1.165, 1.54) is 0 Å². The molecule has 1 aliphatic heterocycles. The average Bonchev–Trinajstić information content (AvgIpc) is 3.21. The summed E-state index contributed by atoms with van der Waals surface area (Å²) < 4.78 is 10.8. The van der Waals surface area contributed by atoms with Gasteiger partial charge in [-0.1, -0.05) is 18.2 Å². The molecule has 0 radical (unpaired) electrons. The number of rotatable bonds is 4. The topological polar surface area (TPSA) is 79.9 Å². The summed E-state index contributed by atoms with van der Waals surface area (Å²) in [6, 6.07) is 13.8. The fourth-order valence-electron chi connectivity index (χ4n) is 3.28. The van der Waals surface area contributed by atoms with Gasteiger partial charge in [-0.25, -0.2) is 10.2 Å². The van der Waals surface area contributed by atoms with Crippen LogP contribution >= 0.6 is 0 Å². The largest absolute Gasteiger partial charge is 0.497 e. The van der Waals surface area contributed by atoms with Crippen molar-refractivity contribution in [2.24, 2.45) is 0 Å². The molecule has 0 aromatic heterocycles. The van der Waals surface area contributed by atoms with Gasteiger partial charge in [0.25, 0.3) is 5.91 Å². The zero-order chi connectivity index (χ0) is 19.2. The first-order chi connectivity index (χ1) is 13.1. The number of carbonyl (C=O) groups is 2. The molecule has 1 atom stereocenters. The summed E-state index contributed by atoms with van der Waals surface area (Å²) in [7, 11) is 3.20. The quantitative estimate of drug-likeness (QED) is 0.812. The van der Waals surface area contributed by atoms with Gasteiger partial charge < -0.3 is 14.4 Å². The van der Waals surface area contributed by atoms with Crippen LogP contribution in [-0.4, -0.2) is 37.6 Å². The van der Waals surface area contributed by atoms with Crippen LogP contribution in [0.25, 0.3) is 0 Å². The van der Waals surface area contributed by atoms with Gasteiger partial charge in [-0.15, -0.1) is 0 Å². The van der Waals surface area contributed by atoms with Gasteiger partial charge >= 0.3 is 6.03 Å². The van der Waals surface area contributed by atoms with E-state index in [1.54, 1.807) is 43.4 Å². The summed E-state index contributed by atoms with van der Waals surface area (Å²) in [4.78, 5) is 26.5. The standard InChI is InChI=1S/C20H23N3O4/c1-26-15-10-11-18(27-2)16(13-15)17-9-6-12-23(17)20(25)22-21-19(24)14-7-4-3-5-8-14/h3-5,7-8,10-11,13,17H,6,9,12H2,1-2H3,(H,21,24)(H,22,25)/t17-/m0/s1. The fraction of sp³-hybridized carbons (Fsp3) is 0.300. The number of hydrogen-bond acceptors (Lipinski definition) is 4. The van der Waals surface area contributed by atoms with Gasteiger partial charge in [0, 0.05) is 17.7 Å². The molecule has 7 nitrogen and oxygen atoms in total. The van der Waals surface area contributed by atoms with E-state index in [2.05, 4.69) is 10.9 Å². The Bertz CT molecular complexity index is 810. The molecule has 1 fully saturated rings. The minimum atomic E-state index is -0.362. The lowest BCUT2D eigenvalue weighted by atomic mass is 10.0. The van der Waals surface area contributed by atoms with E-state index in [4.69, 9.17) is 9.47 Å². The maximum absolute atomic E-state index is 12.6. The van der Waals surface area contributed by atoms with E-state index >= 15 is 0 Å². The van der Waals surface area contributed by atoms with Gasteiger partial charge in [-0.2, -0.15) is 0 Å². The number of amides is 3. The average molecular weight is 369 g/mol. The van der Waals surface area contributed by atoms with Crippen LogP contribution in [0.1, 0.15) is 34.8 Å². The van der Waals surface area contributed by atoms with Crippen molar-refractivity contribution in [2.75, 3.05) is 20.8 Å². The maximum atomic E-state index is 12.6. The first-order valence-corrected chi connectivity index (χ1v) is 8.78. The number of nitrogens with zero attached hydrogens (tertiary/aromatic N) is 1. The monoisotopic (exact) mass is 369 g/mol. The van der Waals surface area contributed by atoms with Crippen molar-refractivity contribution in [2.45, 2.75) is 18.9 Å². The minimum Gasteiger partial charge on any atom is -0.497 e. The molecule has 0 saturated carbocycles. The SMILES string of the molecule is COc1ccc(OC)c([C@@H]2CCCN2C(=O)NNC(=O)c2ccccc2)c1. The predicted molar refractivity (Wildman–Crippen MR) is 101 cm³/mol. The smallest absolute Gasteiger partial charge is 0.336 e. The molecule has 2 N–H and O–H groups in total. The highest BCUT2D eigenvalue weighted by Crippen LogP contribution is 2.38. The Morgan fingerprint density at radius 1 is 1.04 bits per heavy atom. The molecular formula is C20H23N3O4. The highest BCUT2D eigenvalue weighted by Gasteiger charge is 2.32. The first kappa shape index (κ1) is 18.6. The zero-order valence-corrected chi connectivity index (χ0v) is 15.4. The number of hydrogen-bond donors (Lipinski definition) is 2. The van der Waals surface area contributed by atoms with Crippen molar-refractivity contribution >= 4 is 11.9 Å². The number of ether oxygens (including phenoxy) is 2. The Labute approximate surface area is 158 Å². The molecule has 0 aliphatic carbocycles. The predicted octanol–water partition coefficient (Wildman–Crippen LogP) is 2.90. The molecule has 0 bridgehead atoms. The van der Waals surface area contributed by atoms with Crippen molar-refractivity contribution in [3.8, 4) is 11.5 Å². The molecule has 1 heterocycles. The van der Waals surface area contributed by atoms with E-state index in [0.717, 1.165) is 18.4 Å². The number of methoxy groups -OCH3 is 2. The summed E-state index contributed by atoms with van der Waals surface area (Å²) >= 11 is 0. The Morgan fingerprint density at radius 2 is 1.81 bits per heavy atom. The molecule has 142 valence electrons. The second-order valence-corrected chi connectivity index (χ2v) is 6.21. The van der Waals surface area contributed by atoms with Crippen molar-refractivity contribution in [1.29, 1.82) is 0 Å². The highest BCUT2D eigenvalue weighted by atomic mass is 16.5. The van der Waals surface area contributed by atoms with Crippen molar-refractivity contribution in [3.63, 3.8) is 0 Å². The van der Waals surface area contributed by atoms with E-state index < -0.39 is 0 Å². The van der Waals surface area contributed by atoms with Crippen LogP contribution in [0.3, 0.4) is 0 Å². The van der Waals surface area contributed by atoms with Crippen LogP contribution in [-0.2, 0) is 0 Å².